The van der Waals surface area contributed by atoms with Crippen LogP contribution in [0.15, 0.2) is 12.7 Å². The molecule has 0 spiro atoms. The van der Waals surface area contributed by atoms with E-state index >= 15 is 0 Å². The van der Waals surface area contributed by atoms with Crippen LogP contribution in [0.25, 0.3) is 0 Å². The molecular formula is C12H22N2O. The van der Waals surface area contributed by atoms with Crippen LogP contribution in [0.2, 0.25) is 0 Å². The van der Waals surface area contributed by atoms with E-state index in [-0.39, 0.29) is 6.03 Å². The van der Waals surface area contributed by atoms with E-state index in [9.17, 15) is 4.79 Å². The molecule has 15 heavy (non-hydrogen) atoms. The highest BCUT2D eigenvalue weighted by molar-refractivity contribution is 5.74. The Balaban J connectivity index is 2.48. The first kappa shape index (κ1) is 12.1. The van der Waals surface area contributed by atoms with E-state index in [1.165, 1.54) is 6.42 Å². The van der Waals surface area contributed by atoms with Gasteiger partial charge in [0, 0.05) is 26.2 Å². The van der Waals surface area contributed by atoms with Crippen molar-refractivity contribution in [3.05, 3.63) is 12.7 Å². The third kappa shape index (κ3) is 3.57. The van der Waals surface area contributed by atoms with E-state index in [4.69, 9.17) is 0 Å². The Bertz CT molecular complexity index is 210. The van der Waals surface area contributed by atoms with Crippen molar-refractivity contribution in [3.8, 4) is 0 Å². The molecule has 0 aromatic rings. The van der Waals surface area contributed by atoms with Crippen LogP contribution < -0.4 is 0 Å². The normalized spacial score (nSPS) is 16.2. The summed E-state index contributed by atoms with van der Waals surface area (Å²) in [5, 5.41) is 0. The molecule has 0 radical (unpaired) electrons. The fourth-order valence-corrected chi connectivity index (χ4v) is 1.98. The quantitative estimate of drug-likeness (QED) is 0.654. The number of piperidine rings is 1. The van der Waals surface area contributed by atoms with Crippen LogP contribution in [-0.4, -0.2) is 42.0 Å². The summed E-state index contributed by atoms with van der Waals surface area (Å²) in [5.74, 6) is 0. The summed E-state index contributed by atoms with van der Waals surface area (Å²) in [5.41, 5.74) is 0. The molecule has 2 amide bonds. The SMILES string of the molecule is C=CCN(CCC)C(=O)N1CCCCC1. The van der Waals surface area contributed by atoms with Gasteiger partial charge in [-0.3, -0.25) is 0 Å². The average molecular weight is 210 g/mol. The van der Waals surface area contributed by atoms with E-state index in [0.717, 1.165) is 38.9 Å². The minimum atomic E-state index is 0.191. The maximum Gasteiger partial charge on any atom is 0.320 e. The Morgan fingerprint density at radius 2 is 2.07 bits per heavy atom. The lowest BCUT2D eigenvalue weighted by atomic mass is 10.1. The summed E-state index contributed by atoms with van der Waals surface area (Å²) in [6, 6.07) is 0.191. The molecule has 1 saturated heterocycles. The largest absolute Gasteiger partial charge is 0.325 e. The zero-order valence-corrected chi connectivity index (χ0v) is 9.74. The predicted octanol–water partition coefficient (Wildman–Crippen LogP) is 2.49. The maximum atomic E-state index is 12.1. The number of carbonyl (C=O) groups excluding carboxylic acids is 1. The van der Waals surface area contributed by atoms with Gasteiger partial charge in [-0.05, 0) is 25.7 Å². The van der Waals surface area contributed by atoms with E-state index in [1.807, 2.05) is 9.80 Å². The highest BCUT2D eigenvalue weighted by Gasteiger charge is 2.20. The van der Waals surface area contributed by atoms with Gasteiger partial charge >= 0.3 is 6.03 Å². The molecule has 0 saturated carbocycles. The highest BCUT2D eigenvalue weighted by atomic mass is 16.2. The van der Waals surface area contributed by atoms with Crippen LogP contribution in [0.4, 0.5) is 4.79 Å². The predicted molar refractivity (Wildman–Crippen MR) is 62.9 cm³/mol. The molecule has 0 N–H and O–H groups in total. The van der Waals surface area contributed by atoms with Gasteiger partial charge in [-0.15, -0.1) is 6.58 Å². The van der Waals surface area contributed by atoms with Gasteiger partial charge in [0.2, 0.25) is 0 Å². The van der Waals surface area contributed by atoms with Gasteiger partial charge in [-0.2, -0.15) is 0 Å². The second-order valence-electron chi connectivity index (χ2n) is 4.06. The number of urea groups is 1. The van der Waals surface area contributed by atoms with Crippen molar-refractivity contribution >= 4 is 6.03 Å². The topological polar surface area (TPSA) is 23.6 Å². The number of hydrogen-bond donors (Lipinski definition) is 0. The van der Waals surface area contributed by atoms with Gasteiger partial charge in [-0.1, -0.05) is 13.0 Å². The Morgan fingerprint density at radius 3 is 2.60 bits per heavy atom. The first-order valence-corrected chi connectivity index (χ1v) is 5.94. The van der Waals surface area contributed by atoms with Crippen molar-refractivity contribution in [2.45, 2.75) is 32.6 Å². The second kappa shape index (κ2) is 6.49. The molecule has 86 valence electrons. The third-order valence-electron chi connectivity index (χ3n) is 2.74. The molecule has 0 aliphatic carbocycles. The summed E-state index contributed by atoms with van der Waals surface area (Å²) < 4.78 is 0. The maximum absolute atomic E-state index is 12.1. The molecule has 1 rings (SSSR count). The smallest absolute Gasteiger partial charge is 0.320 e. The molecule has 1 aliphatic rings. The number of nitrogens with zero attached hydrogens (tertiary/aromatic N) is 2. The Labute approximate surface area is 92.7 Å². The lowest BCUT2D eigenvalue weighted by Gasteiger charge is -2.32. The summed E-state index contributed by atoms with van der Waals surface area (Å²) in [6.45, 7) is 9.15. The summed E-state index contributed by atoms with van der Waals surface area (Å²) in [7, 11) is 0. The summed E-state index contributed by atoms with van der Waals surface area (Å²) >= 11 is 0. The fourth-order valence-electron chi connectivity index (χ4n) is 1.98. The lowest BCUT2D eigenvalue weighted by Crippen LogP contribution is -2.45. The van der Waals surface area contributed by atoms with Crippen molar-refractivity contribution in [3.63, 3.8) is 0 Å². The molecule has 0 bridgehead atoms. The second-order valence-corrected chi connectivity index (χ2v) is 4.06. The first-order chi connectivity index (χ1) is 7.29. The number of rotatable bonds is 4. The Kier molecular flexibility index (Phi) is 5.22. The monoisotopic (exact) mass is 210 g/mol. The van der Waals surface area contributed by atoms with Crippen molar-refractivity contribution in [1.29, 1.82) is 0 Å². The molecule has 0 unspecified atom stereocenters. The molecule has 3 heteroatoms. The van der Waals surface area contributed by atoms with E-state index in [2.05, 4.69) is 13.5 Å². The average Bonchev–Trinajstić information content (AvgIpc) is 2.29. The minimum absolute atomic E-state index is 0.191. The Morgan fingerprint density at radius 1 is 1.40 bits per heavy atom. The standard InChI is InChI=1S/C12H22N2O/c1-3-8-13(9-4-2)12(15)14-10-6-5-7-11-14/h3H,1,4-11H2,2H3. The molecule has 1 aliphatic heterocycles. The first-order valence-electron chi connectivity index (χ1n) is 5.94. The highest BCUT2D eigenvalue weighted by Crippen LogP contribution is 2.11. The van der Waals surface area contributed by atoms with Crippen LogP contribution in [0.5, 0.6) is 0 Å². The summed E-state index contributed by atoms with van der Waals surface area (Å²) in [4.78, 5) is 15.9. The van der Waals surface area contributed by atoms with E-state index < -0.39 is 0 Å². The van der Waals surface area contributed by atoms with Gasteiger partial charge in [0.05, 0.1) is 0 Å². The molecule has 0 aromatic carbocycles. The van der Waals surface area contributed by atoms with Crippen molar-refractivity contribution in [1.82, 2.24) is 9.80 Å². The van der Waals surface area contributed by atoms with Gasteiger partial charge in [-0.25, -0.2) is 4.79 Å². The molecule has 1 fully saturated rings. The molecular weight excluding hydrogens is 188 g/mol. The molecule has 1 heterocycles. The van der Waals surface area contributed by atoms with E-state index in [1.54, 1.807) is 6.08 Å². The zero-order valence-electron chi connectivity index (χ0n) is 9.74. The number of amides is 2. The lowest BCUT2D eigenvalue weighted by molar-refractivity contribution is 0.148. The fraction of sp³-hybridized carbons (Fsp3) is 0.750. The van der Waals surface area contributed by atoms with Gasteiger partial charge in [0.1, 0.15) is 0 Å². The van der Waals surface area contributed by atoms with Crippen molar-refractivity contribution < 1.29 is 4.79 Å². The van der Waals surface area contributed by atoms with Gasteiger partial charge in [0.25, 0.3) is 0 Å². The van der Waals surface area contributed by atoms with Crippen molar-refractivity contribution in [2.75, 3.05) is 26.2 Å². The zero-order chi connectivity index (χ0) is 11.1. The Hall–Kier alpha value is -0.990. The van der Waals surface area contributed by atoms with Gasteiger partial charge < -0.3 is 9.80 Å². The van der Waals surface area contributed by atoms with Crippen LogP contribution in [0.3, 0.4) is 0 Å². The molecule has 3 nitrogen and oxygen atoms in total. The van der Waals surface area contributed by atoms with E-state index in [0.29, 0.717) is 6.54 Å². The number of hydrogen-bond acceptors (Lipinski definition) is 1. The van der Waals surface area contributed by atoms with Crippen LogP contribution >= 0.6 is 0 Å². The third-order valence-corrected chi connectivity index (χ3v) is 2.74. The van der Waals surface area contributed by atoms with Crippen molar-refractivity contribution in [2.24, 2.45) is 0 Å². The molecule has 0 atom stereocenters. The van der Waals surface area contributed by atoms with Crippen LogP contribution in [0, 0.1) is 0 Å². The van der Waals surface area contributed by atoms with Crippen LogP contribution in [0.1, 0.15) is 32.6 Å². The minimum Gasteiger partial charge on any atom is -0.325 e. The molecule has 0 aromatic heterocycles. The summed E-state index contributed by atoms with van der Waals surface area (Å²) in [6.07, 6.45) is 6.38. The van der Waals surface area contributed by atoms with Gasteiger partial charge in [0.15, 0.2) is 0 Å². The number of likely N-dealkylation sites (tertiary alicyclic amines) is 1. The van der Waals surface area contributed by atoms with Crippen LogP contribution in [-0.2, 0) is 0 Å². The number of carbonyl (C=O) groups is 1.